The molecule has 0 fully saturated rings. The maximum absolute atomic E-state index is 9.11. The Hall–Kier alpha value is -1.24. The number of allylic oxidation sites excluding steroid dienone is 1. The second-order valence-electron chi connectivity index (χ2n) is 2.51. The summed E-state index contributed by atoms with van der Waals surface area (Å²) in [5.74, 6) is 0.473. The predicted octanol–water partition coefficient (Wildman–Crippen LogP) is 2.14. The van der Waals surface area contributed by atoms with Crippen molar-refractivity contribution in [3.05, 3.63) is 41.2 Å². The summed E-state index contributed by atoms with van der Waals surface area (Å²) in [6.07, 6.45) is 2.52. The zero-order valence-corrected chi connectivity index (χ0v) is 5.54. The average Bonchev–Trinajstić information content (AvgIpc) is 2.27. The third-order valence-electron chi connectivity index (χ3n) is 1.75. The lowest BCUT2D eigenvalue weighted by Gasteiger charge is -1.93. The van der Waals surface area contributed by atoms with Crippen LogP contribution in [-0.4, -0.2) is 5.11 Å². The summed E-state index contributed by atoms with van der Waals surface area (Å²) in [5, 5.41) is 9.11. The smallest absolute Gasteiger partial charge is 0.0972 e. The fourth-order valence-corrected chi connectivity index (χ4v) is 1.26. The molecule has 0 bridgehead atoms. The van der Waals surface area contributed by atoms with Gasteiger partial charge in [0.15, 0.2) is 0 Å². The van der Waals surface area contributed by atoms with Crippen LogP contribution in [0.2, 0.25) is 0 Å². The van der Waals surface area contributed by atoms with E-state index in [1.165, 1.54) is 5.56 Å². The van der Waals surface area contributed by atoms with E-state index in [0.717, 1.165) is 5.56 Å². The van der Waals surface area contributed by atoms with Gasteiger partial charge in [-0.25, -0.2) is 0 Å². The van der Waals surface area contributed by atoms with Gasteiger partial charge in [-0.3, -0.25) is 0 Å². The molecule has 0 aromatic heterocycles. The molecule has 0 amide bonds. The summed E-state index contributed by atoms with van der Waals surface area (Å²) >= 11 is 0. The van der Waals surface area contributed by atoms with E-state index in [1.54, 1.807) is 0 Å². The van der Waals surface area contributed by atoms with E-state index in [1.807, 2.05) is 30.3 Å². The SMILES string of the molecule is OC1=Cc2ccccc2C1. The van der Waals surface area contributed by atoms with Gasteiger partial charge in [0.1, 0.15) is 0 Å². The van der Waals surface area contributed by atoms with E-state index in [2.05, 4.69) is 0 Å². The molecule has 1 aromatic carbocycles. The molecular formula is C9H8O. The lowest BCUT2D eigenvalue weighted by molar-refractivity contribution is 0.408. The van der Waals surface area contributed by atoms with Crippen molar-refractivity contribution in [2.75, 3.05) is 0 Å². The highest BCUT2D eigenvalue weighted by Gasteiger charge is 2.08. The molecule has 0 radical (unpaired) electrons. The highest BCUT2D eigenvalue weighted by molar-refractivity contribution is 5.61. The second-order valence-corrected chi connectivity index (χ2v) is 2.51. The van der Waals surface area contributed by atoms with Crippen LogP contribution in [0.5, 0.6) is 0 Å². The summed E-state index contributed by atoms with van der Waals surface area (Å²) in [4.78, 5) is 0. The summed E-state index contributed by atoms with van der Waals surface area (Å²) < 4.78 is 0. The van der Waals surface area contributed by atoms with Crippen molar-refractivity contribution in [3.8, 4) is 0 Å². The molecule has 0 aliphatic heterocycles. The Morgan fingerprint density at radius 3 is 2.80 bits per heavy atom. The van der Waals surface area contributed by atoms with Crippen LogP contribution in [0.1, 0.15) is 11.1 Å². The van der Waals surface area contributed by atoms with Crippen LogP contribution in [0.25, 0.3) is 6.08 Å². The Balaban J connectivity index is 2.54. The lowest BCUT2D eigenvalue weighted by Crippen LogP contribution is -1.81. The van der Waals surface area contributed by atoms with Gasteiger partial charge in [0.2, 0.25) is 0 Å². The van der Waals surface area contributed by atoms with Crippen molar-refractivity contribution in [2.24, 2.45) is 0 Å². The van der Waals surface area contributed by atoms with Crippen molar-refractivity contribution >= 4 is 6.08 Å². The Morgan fingerprint density at radius 2 is 2.00 bits per heavy atom. The first-order valence-electron chi connectivity index (χ1n) is 3.34. The quantitative estimate of drug-likeness (QED) is 0.573. The predicted molar refractivity (Wildman–Crippen MR) is 40.8 cm³/mol. The molecule has 1 N–H and O–H groups in total. The number of aliphatic hydroxyl groups is 1. The number of hydrogen-bond donors (Lipinski definition) is 1. The average molecular weight is 132 g/mol. The van der Waals surface area contributed by atoms with Gasteiger partial charge in [0.25, 0.3) is 0 Å². The topological polar surface area (TPSA) is 20.2 Å². The molecule has 1 aromatic rings. The monoisotopic (exact) mass is 132 g/mol. The zero-order chi connectivity index (χ0) is 6.97. The van der Waals surface area contributed by atoms with Crippen molar-refractivity contribution in [1.29, 1.82) is 0 Å². The first-order chi connectivity index (χ1) is 4.86. The van der Waals surface area contributed by atoms with Crippen LogP contribution in [-0.2, 0) is 6.42 Å². The Labute approximate surface area is 59.6 Å². The van der Waals surface area contributed by atoms with Gasteiger partial charge >= 0.3 is 0 Å². The standard InChI is InChI=1S/C9H8O/c10-9-5-7-3-1-2-4-8(7)6-9/h1-5,10H,6H2. The largest absolute Gasteiger partial charge is 0.512 e. The molecule has 1 aliphatic rings. The van der Waals surface area contributed by atoms with E-state index < -0.39 is 0 Å². The molecule has 1 aliphatic carbocycles. The number of fused-ring (bicyclic) bond motifs is 1. The van der Waals surface area contributed by atoms with Gasteiger partial charge in [-0.2, -0.15) is 0 Å². The molecule has 0 atom stereocenters. The second kappa shape index (κ2) is 1.87. The van der Waals surface area contributed by atoms with Gasteiger partial charge in [-0.05, 0) is 17.2 Å². The first kappa shape index (κ1) is 5.54. The van der Waals surface area contributed by atoms with Gasteiger partial charge in [-0.1, -0.05) is 24.3 Å². The van der Waals surface area contributed by atoms with Crippen molar-refractivity contribution < 1.29 is 5.11 Å². The van der Waals surface area contributed by atoms with E-state index in [0.29, 0.717) is 12.2 Å². The Bertz CT molecular complexity index is 287. The molecule has 0 heterocycles. The summed E-state index contributed by atoms with van der Waals surface area (Å²) in [5.41, 5.74) is 2.38. The molecule has 0 saturated carbocycles. The van der Waals surface area contributed by atoms with Crippen molar-refractivity contribution in [3.63, 3.8) is 0 Å². The van der Waals surface area contributed by atoms with Gasteiger partial charge in [0, 0.05) is 6.42 Å². The van der Waals surface area contributed by atoms with Crippen molar-refractivity contribution in [2.45, 2.75) is 6.42 Å². The minimum absolute atomic E-state index is 0.473. The highest BCUT2D eigenvalue weighted by atomic mass is 16.3. The molecule has 0 saturated heterocycles. The van der Waals surface area contributed by atoms with Crippen LogP contribution in [0.4, 0.5) is 0 Å². The number of aliphatic hydroxyl groups excluding tert-OH is 1. The molecule has 10 heavy (non-hydrogen) atoms. The normalized spacial score (nSPS) is 14.6. The van der Waals surface area contributed by atoms with Crippen LogP contribution >= 0.6 is 0 Å². The fraction of sp³-hybridized carbons (Fsp3) is 0.111. The van der Waals surface area contributed by atoms with E-state index in [9.17, 15) is 0 Å². The summed E-state index contributed by atoms with van der Waals surface area (Å²) in [7, 11) is 0. The van der Waals surface area contributed by atoms with E-state index in [-0.39, 0.29) is 0 Å². The molecule has 1 nitrogen and oxygen atoms in total. The Kier molecular flexibility index (Phi) is 1.04. The van der Waals surface area contributed by atoms with Crippen LogP contribution < -0.4 is 0 Å². The fourth-order valence-electron chi connectivity index (χ4n) is 1.26. The van der Waals surface area contributed by atoms with Crippen LogP contribution in [0.3, 0.4) is 0 Å². The maximum Gasteiger partial charge on any atom is 0.0972 e. The lowest BCUT2D eigenvalue weighted by atomic mass is 10.1. The molecule has 2 rings (SSSR count). The molecule has 50 valence electrons. The van der Waals surface area contributed by atoms with Crippen LogP contribution in [0, 0.1) is 0 Å². The number of hydrogen-bond acceptors (Lipinski definition) is 1. The molecule has 1 heteroatoms. The van der Waals surface area contributed by atoms with Crippen LogP contribution in [0.15, 0.2) is 30.0 Å². The van der Waals surface area contributed by atoms with E-state index >= 15 is 0 Å². The van der Waals surface area contributed by atoms with Gasteiger partial charge < -0.3 is 5.11 Å². The minimum atomic E-state index is 0.473. The molecular weight excluding hydrogens is 124 g/mol. The third kappa shape index (κ3) is 0.711. The molecule has 0 spiro atoms. The third-order valence-corrected chi connectivity index (χ3v) is 1.75. The number of benzene rings is 1. The minimum Gasteiger partial charge on any atom is -0.512 e. The maximum atomic E-state index is 9.11. The highest BCUT2D eigenvalue weighted by Crippen LogP contribution is 2.22. The zero-order valence-electron chi connectivity index (χ0n) is 5.54. The van der Waals surface area contributed by atoms with E-state index in [4.69, 9.17) is 5.11 Å². The summed E-state index contributed by atoms with van der Waals surface area (Å²) in [6.45, 7) is 0. The van der Waals surface area contributed by atoms with Gasteiger partial charge in [-0.15, -0.1) is 0 Å². The molecule has 0 unspecified atom stereocenters. The summed E-state index contributed by atoms with van der Waals surface area (Å²) in [6, 6.07) is 8.02. The number of rotatable bonds is 0. The van der Waals surface area contributed by atoms with Crippen molar-refractivity contribution in [1.82, 2.24) is 0 Å². The van der Waals surface area contributed by atoms with Gasteiger partial charge in [0.05, 0.1) is 5.76 Å². The first-order valence-corrected chi connectivity index (χ1v) is 3.34. The Morgan fingerprint density at radius 1 is 1.20 bits per heavy atom.